The lowest BCUT2D eigenvalue weighted by atomic mass is 9.93. The summed E-state index contributed by atoms with van der Waals surface area (Å²) in [7, 11) is 4.00. The average molecular weight is 506 g/mol. The predicted octanol–water partition coefficient (Wildman–Crippen LogP) is 3.27. The van der Waals surface area contributed by atoms with Crippen LogP contribution in [-0.4, -0.2) is 66.7 Å². The molecular weight excluding hydrogens is 475 g/mol. The number of nitrogen functional groups attached to an aromatic ring is 1. The van der Waals surface area contributed by atoms with Crippen LogP contribution >= 0.6 is 0 Å². The Hall–Kier alpha value is -3.38. The van der Waals surface area contributed by atoms with Gasteiger partial charge in [0.1, 0.15) is 11.1 Å². The Balaban J connectivity index is 1.56. The van der Waals surface area contributed by atoms with E-state index in [4.69, 9.17) is 15.9 Å². The summed E-state index contributed by atoms with van der Waals surface area (Å²) < 4.78 is 45.9. The number of anilines is 3. The maximum absolute atomic E-state index is 13.4. The molecule has 3 aromatic heterocycles. The van der Waals surface area contributed by atoms with Crippen molar-refractivity contribution in [3.63, 3.8) is 0 Å². The largest absolute Gasteiger partial charge is 0.438 e. The maximum atomic E-state index is 13.4. The second kappa shape index (κ2) is 10.3. The molecule has 0 unspecified atom stereocenters. The fraction of sp³-hybridized carbons (Fsp3) is 0.458. The van der Waals surface area contributed by atoms with Gasteiger partial charge in [-0.25, -0.2) is 0 Å². The van der Waals surface area contributed by atoms with E-state index in [-0.39, 0.29) is 36.6 Å². The van der Waals surface area contributed by atoms with Crippen LogP contribution in [-0.2, 0) is 6.42 Å². The molecule has 12 heteroatoms. The molecule has 1 amide bonds. The average Bonchev–Trinajstić information content (AvgIpc) is 3.13. The Kier molecular flexibility index (Phi) is 7.36. The Morgan fingerprint density at radius 1 is 1.31 bits per heavy atom. The molecule has 1 aliphatic heterocycles. The summed E-state index contributed by atoms with van der Waals surface area (Å²) in [6.07, 6.45) is 1.73. The molecule has 3 aromatic rings. The first-order chi connectivity index (χ1) is 17.0. The number of aromatic nitrogens is 2. The van der Waals surface area contributed by atoms with Gasteiger partial charge in [0, 0.05) is 31.5 Å². The van der Waals surface area contributed by atoms with Gasteiger partial charge in [-0.2, -0.15) is 13.2 Å². The summed E-state index contributed by atoms with van der Waals surface area (Å²) in [5.74, 6) is -2.26. The summed E-state index contributed by atoms with van der Waals surface area (Å²) in [6.45, 7) is 0.873. The van der Waals surface area contributed by atoms with E-state index in [1.165, 1.54) is 17.3 Å². The van der Waals surface area contributed by atoms with Crippen molar-refractivity contribution in [2.75, 3.05) is 49.7 Å². The highest BCUT2D eigenvalue weighted by atomic mass is 19.4. The number of furan rings is 1. The second-order valence-electron chi connectivity index (χ2n) is 9.42. The van der Waals surface area contributed by atoms with Gasteiger partial charge in [0.2, 0.25) is 5.88 Å². The standard InChI is InChI=1S/C24H30F3N7O2/c1-33(2)7-3-4-14-8-19-21(31-10-14)20(22(29)36-19)23(35)32-17-11-30-6-5-18(17)34-12-15(24(25,26)27)9-16(28)13-34/h5-6,8,10-11,15-16H,3-4,7,9,12-13,28-29H2,1-2H3,(H,32,35)/t15-,16+/m0/s1. The van der Waals surface area contributed by atoms with E-state index in [2.05, 4.69) is 20.2 Å². The van der Waals surface area contributed by atoms with Gasteiger partial charge in [-0.05, 0) is 57.6 Å². The number of hydrogen-bond acceptors (Lipinski definition) is 8. The maximum Gasteiger partial charge on any atom is 0.393 e. The van der Waals surface area contributed by atoms with Gasteiger partial charge in [0.25, 0.3) is 5.91 Å². The van der Waals surface area contributed by atoms with Crippen molar-refractivity contribution >= 4 is 34.3 Å². The van der Waals surface area contributed by atoms with Crippen LogP contribution in [0.5, 0.6) is 0 Å². The Morgan fingerprint density at radius 2 is 2.08 bits per heavy atom. The number of alkyl halides is 3. The fourth-order valence-electron chi connectivity index (χ4n) is 4.51. The van der Waals surface area contributed by atoms with E-state index in [1.54, 1.807) is 12.3 Å². The van der Waals surface area contributed by atoms with Crippen molar-refractivity contribution in [2.24, 2.45) is 11.7 Å². The van der Waals surface area contributed by atoms with Crippen LogP contribution in [0.3, 0.4) is 0 Å². The zero-order chi connectivity index (χ0) is 26.0. The van der Waals surface area contributed by atoms with Gasteiger partial charge < -0.3 is 31.0 Å². The van der Waals surface area contributed by atoms with Crippen molar-refractivity contribution in [3.05, 3.63) is 41.9 Å². The first kappa shape index (κ1) is 25.7. The van der Waals surface area contributed by atoms with Crippen LogP contribution in [0.15, 0.2) is 35.1 Å². The number of nitrogens with one attached hydrogen (secondary N) is 1. The third kappa shape index (κ3) is 5.71. The predicted molar refractivity (Wildman–Crippen MR) is 132 cm³/mol. The number of fused-ring (bicyclic) bond motifs is 1. The number of halogens is 3. The van der Waals surface area contributed by atoms with E-state index in [0.717, 1.165) is 24.9 Å². The summed E-state index contributed by atoms with van der Waals surface area (Å²) in [5, 5.41) is 2.72. The Bertz CT molecular complexity index is 1230. The van der Waals surface area contributed by atoms with E-state index in [9.17, 15) is 18.0 Å². The van der Waals surface area contributed by atoms with E-state index < -0.39 is 24.0 Å². The number of nitrogens with zero attached hydrogens (tertiary/aromatic N) is 4. The fourth-order valence-corrected chi connectivity index (χ4v) is 4.51. The molecule has 1 aliphatic rings. The highest BCUT2D eigenvalue weighted by Crippen LogP contribution is 2.37. The highest BCUT2D eigenvalue weighted by molar-refractivity contribution is 6.15. The molecule has 0 spiro atoms. The minimum Gasteiger partial charge on any atom is -0.438 e. The molecule has 1 saturated heterocycles. The zero-order valence-electron chi connectivity index (χ0n) is 20.2. The SMILES string of the molecule is CN(C)CCCc1cnc2c(C(=O)Nc3cnccc3N3C[C@H](N)C[C@H](C(F)(F)F)C3)c(N)oc2c1. The highest BCUT2D eigenvalue weighted by Gasteiger charge is 2.44. The first-order valence-electron chi connectivity index (χ1n) is 11.7. The van der Waals surface area contributed by atoms with Crippen LogP contribution < -0.4 is 21.7 Å². The van der Waals surface area contributed by atoms with Crippen molar-refractivity contribution in [1.29, 1.82) is 0 Å². The monoisotopic (exact) mass is 505 g/mol. The molecule has 0 saturated carbocycles. The third-order valence-corrected chi connectivity index (χ3v) is 6.24. The van der Waals surface area contributed by atoms with Gasteiger partial charge in [-0.1, -0.05) is 0 Å². The number of amides is 1. The number of carbonyl (C=O) groups is 1. The number of piperidine rings is 1. The number of nitrogens with two attached hydrogens (primary N) is 2. The third-order valence-electron chi connectivity index (χ3n) is 6.24. The molecule has 5 N–H and O–H groups in total. The Labute approximate surface area is 206 Å². The lowest BCUT2D eigenvalue weighted by Gasteiger charge is -2.39. The smallest absolute Gasteiger partial charge is 0.393 e. The molecule has 2 atom stereocenters. The number of pyridine rings is 2. The minimum atomic E-state index is -4.37. The molecule has 9 nitrogen and oxygen atoms in total. The molecule has 4 rings (SSSR count). The topological polar surface area (TPSA) is 127 Å². The van der Waals surface area contributed by atoms with E-state index in [1.807, 2.05) is 20.2 Å². The van der Waals surface area contributed by atoms with Crippen LogP contribution in [0.1, 0.15) is 28.8 Å². The van der Waals surface area contributed by atoms with Crippen molar-refractivity contribution in [2.45, 2.75) is 31.5 Å². The van der Waals surface area contributed by atoms with Crippen LogP contribution in [0.2, 0.25) is 0 Å². The molecular formula is C24H30F3N7O2. The number of rotatable bonds is 7. The molecule has 36 heavy (non-hydrogen) atoms. The summed E-state index contributed by atoms with van der Waals surface area (Å²) in [5.41, 5.74) is 14.3. The zero-order valence-corrected chi connectivity index (χ0v) is 20.2. The Morgan fingerprint density at radius 3 is 2.81 bits per heavy atom. The second-order valence-corrected chi connectivity index (χ2v) is 9.42. The van der Waals surface area contributed by atoms with Gasteiger partial charge in [-0.3, -0.25) is 14.8 Å². The van der Waals surface area contributed by atoms with Gasteiger partial charge in [-0.15, -0.1) is 0 Å². The van der Waals surface area contributed by atoms with E-state index in [0.29, 0.717) is 16.8 Å². The van der Waals surface area contributed by atoms with Crippen molar-refractivity contribution < 1.29 is 22.4 Å². The molecule has 194 valence electrons. The first-order valence-corrected chi connectivity index (χ1v) is 11.7. The molecule has 0 radical (unpaired) electrons. The van der Waals surface area contributed by atoms with Gasteiger partial charge in [0.05, 0.1) is 23.5 Å². The quantitative estimate of drug-likeness (QED) is 0.447. The number of hydrogen-bond donors (Lipinski definition) is 3. The lowest BCUT2D eigenvalue weighted by molar-refractivity contribution is -0.177. The van der Waals surface area contributed by atoms with Crippen molar-refractivity contribution in [1.82, 2.24) is 14.9 Å². The van der Waals surface area contributed by atoms with Crippen LogP contribution in [0.4, 0.5) is 30.4 Å². The molecule has 0 aliphatic carbocycles. The molecule has 1 fully saturated rings. The molecule has 0 bridgehead atoms. The minimum absolute atomic E-state index is 0.0585. The van der Waals surface area contributed by atoms with E-state index >= 15 is 0 Å². The van der Waals surface area contributed by atoms with Gasteiger partial charge >= 0.3 is 6.18 Å². The van der Waals surface area contributed by atoms with Crippen molar-refractivity contribution in [3.8, 4) is 0 Å². The summed E-state index contributed by atoms with van der Waals surface area (Å²) in [6, 6.07) is 2.70. The lowest BCUT2D eigenvalue weighted by Crippen LogP contribution is -2.51. The normalized spacial score (nSPS) is 18.7. The van der Waals surface area contributed by atoms with Gasteiger partial charge in [0.15, 0.2) is 5.58 Å². The van der Waals surface area contributed by atoms with Crippen LogP contribution in [0.25, 0.3) is 11.1 Å². The number of aryl methyl sites for hydroxylation is 1. The molecule has 0 aromatic carbocycles. The van der Waals surface area contributed by atoms with Crippen LogP contribution in [0, 0.1) is 5.92 Å². The summed E-state index contributed by atoms with van der Waals surface area (Å²) >= 11 is 0. The number of carbonyl (C=O) groups excluding carboxylic acids is 1. The summed E-state index contributed by atoms with van der Waals surface area (Å²) in [4.78, 5) is 25.3. The molecule has 4 heterocycles.